The van der Waals surface area contributed by atoms with Crippen LogP contribution in [0.15, 0.2) is 42.6 Å². The Balaban J connectivity index is 0. The molecule has 8 nitrogen and oxygen atoms in total. The SMILES string of the molecule is C#C/C=C/NC(=O)CCS(=O)(=O)N(C)CCN(CC)CC.C#CCCCCC(C)CNC(C)=O.CC1CCCCC1.Cc1ccccc1. The number of likely N-dealkylation sites (N-methyl/N-ethyl adjacent to an activating group) is 2. The number of carbonyl (C=O) groups excluding carboxylic acids is 2. The molecule has 48 heavy (non-hydrogen) atoms. The molecule has 1 aliphatic rings. The minimum absolute atomic E-state index is 0.0514. The van der Waals surface area contributed by atoms with Gasteiger partial charge >= 0.3 is 0 Å². The zero-order chi connectivity index (χ0) is 36.6. The zero-order valence-electron chi connectivity index (χ0n) is 31.1. The van der Waals surface area contributed by atoms with Crippen molar-refractivity contribution in [3.63, 3.8) is 0 Å². The quantitative estimate of drug-likeness (QED) is 0.148. The lowest BCUT2D eigenvalue weighted by atomic mass is 9.91. The Morgan fingerprint density at radius 3 is 2.12 bits per heavy atom. The molecule has 9 heteroatoms. The number of unbranched alkanes of at least 4 members (excludes halogenated alkanes) is 2. The van der Waals surface area contributed by atoms with E-state index in [0.29, 0.717) is 19.0 Å². The molecule has 0 aliphatic heterocycles. The predicted molar refractivity (Wildman–Crippen MR) is 204 cm³/mol. The van der Waals surface area contributed by atoms with E-state index in [2.05, 4.69) is 60.3 Å². The first kappa shape index (κ1) is 47.0. The number of hydrogen-bond donors (Lipinski definition) is 2. The second-order valence-corrected chi connectivity index (χ2v) is 14.6. The van der Waals surface area contributed by atoms with Crippen LogP contribution in [0.25, 0.3) is 0 Å². The predicted octanol–water partition coefficient (Wildman–Crippen LogP) is 6.78. The highest BCUT2D eigenvalue weighted by molar-refractivity contribution is 7.89. The number of aryl methyl sites for hydroxylation is 1. The van der Waals surface area contributed by atoms with Crippen LogP contribution in [0.1, 0.15) is 104 Å². The van der Waals surface area contributed by atoms with Crippen molar-refractivity contribution in [3.8, 4) is 24.7 Å². The van der Waals surface area contributed by atoms with Crippen molar-refractivity contribution in [2.45, 2.75) is 106 Å². The molecule has 272 valence electrons. The van der Waals surface area contributed by atoms with Crippen LogP contribution in [0.2, 0.25) is 0 Å². The lowest BCUT2D eigenvalue weighted by Crippen LogP contribution is -2.38. The maximum absolute atomic E-state index is 12.0. The number of nitrogens with one attached hydrogen (secondary N) is 2. The third-order valence-corrected chi connectivity index (χ3v) is 9.77. The molecule has 0 spiro atoms. The van der Waals surface area contributed by atoms with Crippen molar-refractivity contribution in [3.05, 3.63) is 48.2 Å². The molecule has 2 amide bonds. The van der Waals surface area contributed by atoms with E-state index in [-0.39, 0.29) is 24.0 Å². The van der Waals surface area contributed by atoms with Gasteiger partial charge in [-0.2, -0.15) is 0 Å². The van der Waals surface area contributed by atoms with Crippen molar-refractivity contribution in [2.75, 3.05) is 45.5 Å². The molecular formula is C39H66N4O4S. The van der Waals surface area contributed by atoms with Crippen LogP contribution in [0, 0.1) is 43.4 Å². The van der Waals surface area contributed by atoms with Crippen LogP contribution >= 0.6 is 0 Å². The molecule has 1 atom stereocenters. The summed E-state index contributed by atoms with van der Waals surface area (Å²) in [7, 11) is -1.88. The molecule has 0 saturated heterocycles. The molecule has 0 radical (unpaired) electrons. The monoisotopic (exact) mass is 686 g/mol. The van der Waals surface area contributed by atoms with Crippen LogP contribution in [0.4, 0.5) is 0 Å². The van der Waals surface area contributed by atoms with Gasteiger partial charge in [-0.15, -0.1) is 18.8 Å². The number of terminal acetylenes is 2. The molecule has 1 aliphatic carbocycles. The average molecular weight is 687 g/mol. The van der Waals surface area contributed by atoms with E-state index in [9.17, 15) is 18.0 Å². The number of sulfonamides is 1. The number of hydrogen-bond acceptors (Lipinski definition) is 5. The normalized spacial score (nSPS) is 13.4. The first-order valence-corrected chi connectivity index (χ1v) is 19.2. The van der Waals surface area contributed by atoms with Gasteiger partial charge in [-0.1, -0.05) is 108 Å². The van der Waals surface area contributed by atoms with Crippen molar-refractivity contribution < 1.29 is 18.0 Å². The standard InChI is InChI=1S/C14H25N3O3S.C11H19NO.C7H14.C7H8/c1-5-8-10-15-14(18)9-13-21(19,20)16(4)11-12-17(6-2)7-3;1-4-5-6-7-8-10(2)9-12-11(3)13;2*1-7-5-3-2-4-6-7/h1,8,10H,6-7,9,11-13H2,2-4H3,(H,15,18);1,10H,5-9H2,2-3H3,(H,12,13);7H,2-6H2,1H3;2-6H,1H3/b10-8+;;;. The third kappa shape index (κ3) is 30.2. The number of benzene rings is 1. The van der Waals surface area contributed by atoms with Crippen molar-refractivity contribution in [2.24, 2.45) is 11.8 Å². The number of allylic oxidation sites excluding steroid dienone is 1. The Hall–Kier alpha value is -3.11. The fourth-order valence-corrected chi connectivity index (χ4v) is 5.69. The summed E-state index contributed by atoms with van der Waals surface area (Å²) in [6.07, 6.45) is 24.4. The van der Waals surface area contributed by atoms with Crippen LogP contribution < -0.4 is 10.6 Å². The Morgan fingerprint density at radius 1 is 1.04 bits per heavy atom. The Bertz CT molecular complexity index is 1160. The maximum atomic E-state index is 12.0. The first-order chi connectivity index (χ1) is 22.8. The fraction of sp³-hybridized carbons (Fsp3) is 0.641. The highest BCUT2D eigenvalue weighted by atomic mass is 32.2. The summed E-state index contributed by atoms with van der Waals surface area (Å²) in [5.74, 6) is 5.91. The highest BCUT2D eigenvalue weighted by Gasteiger charge is 2.19. The summed E-state index contributed by atoms with van der Waals surface area (Å²) < 4.78 is 25.4. The van der Waals surface area contributed by atoms with Crippen LogP contribution in [-0.2, 0) is 19.6 Å². The molecular weight excluding hydrogens is 621 g/mol. The van der Waals surface area contributed by atoms with Gasteiger partial charge in [0.15, 0.2) is 0 Å². The molecule has 1 aromatic carbocycles. The summed E-state index contributed by atoms with van der Waals surface area (Å²) in [4.78, 5) is 24.2. The lowest BCUT2D eigenvalue weighted by molar-refractivity contribution is -0.120. The molecule has 1 fully saturated rings. The van der Waals surface area contributed by atoms with Crippen molar-refractivity contribution in [1.82, 2.24) is 19.8 Å². The first-order valence-electron chi connectivity index (χ1n) is 17.6. The average Bonchev–Trinajstić information content (AvgIpc) is 3.07. The second-order valence-electron chi connectivity index (χ2n) is 12.4. The summed E-state index contributed by atoms with van der Waals surface area (Å²) >= 11 is 0. The third-order valence-electron chi connectivity index (χ3n) is 7.91. The van der Waals surface area contributed by atoms with Crippen LogP contribution in [0.5, 0.6) is 0 Å². The minimum atomic E-state index is -3.42. The Labute approximate surface area is 294 Å². The Kier molecular flexibility index (Phi) is 30.5. The van der Waals surface area contributed by atoms with Gasteiger partial charge in [0.25, 0.3) is 0 Å². The summed E-state index contributed by atoms with van der Waals surface area (Å²) in [6.45, 7) is 15.9. The Morgan fingerprint density at radius 2 is 1.67 bits per heavy atom. The largest absolute Gasteiger partial charge is 0.356 e. The van der Waals surface area contributed by atoms with Gasteiger partial charge in [-0.3, -0.25) is 9.59 Å². The molecule has 1 saturated carbocycles. The van der Waals surface area contributed by atoms with E-state index in [1.807, 2.05) is 32.0 Å². The van der Waals surface area contributed by atoms with Gasteiger partial charge in [0.05, 0.1) is 5.75 Å². The van der Waals surface area contributed by atoms with E-state index in [4.69, 9.17) is 12.8 Å². The van der Waals surface area contributed by atoms with Gasteiger partial charge in [0.2, 0.25) is 21.8 Å². The van der Waals surface area contributed by atoms with Gasteiger partial charge in [-0.05, 0) is 44.7 Å². The summed E-state index contributed by atoms with van der Waals surface area (Å²) in [6, 6.07) is 10.3. The highest BCUT2D eigenvalue weighted by Crippen LogP contribution is 2.22. The molecule has 2 N–H and O–H groups in total. The molecule has 1 aromatic rings. The van der Waals surface area contributed by atoms with Crippen LogP contribution in [-0.4, -0.2) is 75.0 Å². The molecule has 0 bridgehead atoms. The van der Waals surface area contributed by atoms with E-state index in [0.717, 1.165) is 51.2 Å². The lowest BCUT2D eigenvalue weighted by Gasteiger charge is -2.22. The summed E-state index contributed by atoms with van der Waals surface area (Å²) in [5.41, 5.74) is 1.32. The minimum Gasteiger partial charge on any atom is -0.356 e. The van der Waals surface area contributed by atoms with Gasteiger partial charge in [0, 0.05) is 58.7 Å². The summed E-state index contributed by atoms with van der Waals surface area (Å²) in [5, 5.41) is 5.22. The van der Waals surface area contributed by atoms with Crippen molar-refractivity contribution in [1.29, 1.82) is 0 Å². The van der Waals surface area contributed by atoms with Gasteiger partial charge in [-0.25, -0.2) is 12.7 Å². The topological polar surface area (TPSA) is 98.8 Å². The second kappa shape index (κ2) is 31.2. The fourth-order valence-electron chi connectivity index (χ4n) is 4.57. The van der Waals surface area contributed by atoms with Gasteiger partial charge in [0.1, 0.15) is 0 Å². The molecule has 1 unspecified atom stereocenters. The smallest absolute Gasteiger partial charge is 0.225 e. The van der Waals surface area contributed by atoms with Gasteiger partial charge < -0.3 is 15.5 Å². The zero-order valence-corrected chi connectivity index (χ0v) is 31.9. The van der Waals surface area contributed by atoms with Crippen molar-refractivity contribution >= 4 is 21.8 Å². The van der Waals surface area contributed by atoms with Crippen LogP contribution in [0.3, 0.4) is 0 Å². The van der Waals surface area contributed by atoms with E-state index < -0.39 is 10.0 Å². The maximum Gasteiger partial charge on any atom is 0.225 e. The molecule has 0 aromatic heterocycles. The van der Waals surface area contributed by atoms with E-state index in [1.54, 1.807) is 6.92 Å². The molecule has 0 heterocycles. The number of nitrogens with zero attached hydrogens (tertiary/aromatic N) is 2. The number of carbonyl (C=O) groups is 2. The molecule has 2 rings (SSSR count). The number of amides is 2. The van der Waals surface area contributed by atoms with E-state index >= 15 is 0 Å². The van der Waals surface area contributed by atoms with E-state index in [1.165, 1.54) is 61.3 Å². The number of rotatable bonds is 16.